The normalized spacial score (nSPS) is 25.9. The molecule has 1 atom stereocenters. The van der Waals surface area contributed by atoms with Crippen LogP contribution in [0.15, 0.2) is 0 Å². The maximum atomic E-state index is 5.67. The molecule has 1 saturated heterocycles. The maximum absolute atomic E-state index is 5.67. The van der Waals surface area contributed by atoms with Crippen LogP contribution >= 0.6 is 24.8 Å². The fourth-order valence-electron chi connectivity index (χ4n) is 4.24. The minimum absolute atomic E-state index is 0. The molecule has 0 aromatic heterocycles. The zero-order valence-corrected chi connectivity index (χ0v) is 14.0. The number of nitrogens with two attached hydrogens (primary N) is 1. The lowest BCUT2D eigenvalue weighted by Gasteiger charge is -2.41. The van der Waals surface area contributed by atoms with Crippen LogP contribution in [0.2, 0.25) is 0 Å². The second-order valence-electron chi connectivity index (χ2n) is 6.16. The minimum atomic E-state index is 0. The molecule has 2 rings (SSSR count). The summed E-state index contributed by atoms with van der Waals surface area (Å²) in [6, 6.07) is 0.874. The van der Waals surface area contributed by atoms with Gasteiger partial charge in [-0.3, -0.25) is 4.90 Å². The SMILES string of the molecule is CCCC1N(CCCN)CCC12CCCCC2.Cl.Cl. The number of halogens is 2. The second-order valence-corrected chi connectivity index (χ2v) is 6.16. The van der Waals surface area contributed by atoms with Crippen molar-refractivity contribution in [3.8, 4) is 0 Å². The first kappa shape index (κ1) is 19.5. The topological polar surface area (TPSA) is 29.3 Å². The van der Waals surface area contributed by atoms with Crippen molar-refractivity contribution in [2.75, 3.05) is 19.6 Å². The molecule has 1 aliphatic carbocycles. The van der Waals surface area contributed by atoms with Crippen LogP contribution in [0.1, 0.15) is 64.7 Å². The van der Waals surface area contributed by atoms with Crippen molar-refractivity contribution in [2.45, 2.75) is 70.8 Å². The largest absolute Gasteiger partial charge is 0.330 e. The molecule has 116 valence electrons. The predicted molar refractivity (Wildman–Crippen MR) is 88.6 cm³/mol. The molecule has 0 aromatic rings. The van der Waals surface area contributed by atoms with E-state index in [-0.39, 0.29) is 24.8 Å². The fraction of sp³-hybridized carbons (Fsp3) is 1.00. The van der Waals surface area contributed by atoms with Gasteiger partial charge in [-0.25, -0.2) is 0 Å². The quantitative estimate of drug-likeness (QED) is 0.831. The van der Waals surface area contributed by atoms with E-state index in [2.05, 4.69) is 11.8 Å². The van der Waals surface area contributed by atoms with E-state index in [1.54, 1.807) is 0 Å². The lowest BCUT2D eigenvalue weighted by molar-refractivity contribution is 0.0995. The standard InChI is InChI=1S/C15H30N2.2ClH/c1-2-7-14-15(8-4-3-5-9-15)10-13-17(14)12-6-11-16;;/h14H,2-13,16H2,1H3;2*1H. The molecule has 0 amide bonds. The van der Waals surface area contributed by atoms with E-state index in [1.807, 2.05) is 0 Å². The van der Waals surface area contributed by atoms with Gasteiger partial charge in [0, 0.05) is 6.04 Å². The Morgan fingerprint density at radius 1 is 1.11 bits per heavy atom. The van der Waals surface area contributed by atoms with Gasteiger partial charge >= 0.3 is 0 Å². The molecule has 4 heteroatoms. The molecule has 19 heavy (non-hydrogen) atoms. The van der Waals surface area contributed by atoms with Gasteiger partial charge in [0.15, 0.2) is 0 Å². The first-order valence-electron chi connectivity index (χ1n) is 7.76. The molecule has 2 aliphatic rings. The van der Waals surface area contributed by atoms with Crippen LogP contribution in [0.5, 0.6) is 0 Å². The summed E-state index contributed by atoms with van der Waals surface area (Å²) >= 11 is 0. The maximum Gasteiger partial charge on any atom is 0.0152 e. The Morgan fingerprint density at radius 2 is 1.79 bits per heavy atom. The molecule has 2 fully saturated rings. The molecule has 2 N–H and O–H groups in total. The Labute approximate surface area is 131 Å². The van der Waals surface area contributed by atoms with Crippen molar-refractivity contribution in [1.29, 1.82) is 0 Å². The Balaban J connectivity index is 0.00000162. The molecule has 0 radical (unpaired) electrons. The van der Waals surface area contributed by atoms with E-state index in [4.69, 9.17) is 5.73 Å². The molecule has 1 saturated carbocycles. The molecule has 0 aromatic carbocycles. The Bertz CT molecular complexity index is 230. The van der Waals surface area contributed by atoms with Crippen molar-refractivity contribution < 1.29 is 0 Å². The van der Waals surface area contributed by atoms with Gasteiger partial charge in [0.25, 0.3) is 0 Å². The highest BCUT2D eigenvalue weighted by Gasteiger charge is 2.46. The van der Waals surface area contributed by atoms with Crippen molar-refractivity contribution in [1.82, 2.24) is 4.90 Å². The number of nitrogens with zero attached hydrogens (tertiary/aromatic N) is 1. The monoisotopic (exact) mass is 310 g/mol. The lowest BCUT2D eigenvalue weighted by atomic mass is 9.68. The molecule has 1 unspecified atom stereocenters. The summed E-state index contributed by atoms with van der Waals surface area (Å²) in [5.74, 6) is 0. The van der Waals surface area contributed by atoms with Crippen LogP contribution in [-0.2, 0) is 0 Å². The van der Waals surface area contributed by atoms with Gasteiger partial charge in [-0.2, -0.15) is 0 Å². The highest BCUT2D eigenvalue weighted by Crippen LogP contribution is 2.49. The molecule has 1 spiro atoms. The number of rotatable bonds is 5. The second kappa shape index (κ2) is 9.44. The first-order chi connectivity index (χ1) is 8.32. The summed E-state index contributed by atoms with van der Waals surface area (Å²) in [6.07, 6.45) is 12.8. The van der Waals surface area contributed by atoms with E-state index >= 15 is 0 Å². The number of hydrogen-bond acceptors (Lipinski definition) is 2. The van der Waals surface area contributed by atoms with Gasteiger partial charge < -0.3 is 5.73 Å². The van der Waals surface area contributed by atoms with Crippen molar-refractivity contribution in [3.63, 3.8) is 0 Å². The van der Waals surface area contributed by atoms with Crippen LogP contribution < -0.4 is 5.73 Å². The van der Waals surface area contributed by atoms with Crippen LogP contribution in [0, 0.1) is 5.41 Å². The Morgan fingerprint density at radius 3 is 2.37 bits per heavy atom. The van der Waals surface area contributed by atoms with E-state index in [1.165, 1.54) is 70.9 Å². The summed E-state index contributed by atoms with van der Waals surface area (Å²) in [4.78, 5) is 2.77. The summed E-state index contributed by atoms with van der Waals surface area (Å²) in [5.41, 5.74) is 6.37. The third-order valence-electron chi connectivity index (χ3n) is 5.11. The van der Waals surface area contributed by atoms with Gasteiger partial charge in [-0.05, 0) is 57.2 Å². The molecular formula is C15H32Cl2N2. The summed E-state index contributed by atoms with van der Waals surface area (Å²) in [7, 11) is 0. The number of likely N-dealkylation sites (tertiary alicyclic amines) is 1. The van der Waals surface area contributed by atoms with Gasteiger partial charge in [-0.1, -0.05) is 32.6 Å². The van der Waals surface area contributed by atoms with E-state index in [0.717, 1.165) is 12.6 Å². The summed E-state index contributed by atoms with van der Waals surface area (Å²) < 4.78 is 0. The van der Waals surface area contributed by atoms with Crippen molar-refractivity contribution in [2.24, 2.45) is 11.1 Å². The van der Waals surface area contributed by atoms with Gasteiger partial charge in [0.2, 0.25) is 0 Å². The van der Waals surface area contributed by atoms with Gasteiger partial charge in [0.1, 0.15) is 0 Å². The van der Waals surface area contributed by atoms with Crippen LogP contribution in [0.3, 0.4) is 0 Å². The minimum Gasteiger partial charge on any atom is -0.330 e. The summed E-state index contributed by atoms with van der Waals surface area (Å²) in [5, 5.41) is 0. The average Bonchev–Trinajstić information content (AvgIpc) is 2.68. The van der Waals surface area contributed by atoms with Crippen molar-refractivity contribution in [3.05, 3.63) is 0 Å². The summed E-state index contributed by atoms with van der Waals surface area (Å²) in [6.45, 7) is 5.77. The molecule has 0 bridgehead atoms. The highest BCUT2D eigenvalue weighted by atomic mass is 35.5. The van der Waals surface area contributed by atoms with Crippen molar-refractivity contribution >= 4 is 24.8 Å². The molecule has 1 aliphatic heterocycles. The zero-order valence-electron chi connectivity index (χ0n) is 12.4. The number of hydrogen-bond donors (Lipinski definition) is 1. The van der Waals surface area contributed by atoms with E-state index in [9.17, 15) is 0 Å². The molecular weight excluding hydrogens is 279 g/mol. The van der Waals surface area contributed by atoms with Crippen LogP contribution in [0.4, 0.5) is 0 Å². The first-order valence-corrected chi connectivity index (χ1v) is 7.76. The average molecular weight is 311 g/mol. The fourth-order valence-corrected chi connectivity index (χ4v) is 4.24. The van der Waals surface area contributed by atoms with E-state index < -0.39 is 0 Å². The zero-order chi connectivity index (χ0) is 12.1. The van der Waals surface area contributed by atoms with Gasteiger partial charge in [-0.15, -0.1) is 24.8 Å². The van der Waals surface area contributed by atoms with Crippen LogP contribution in [0.25, 0.3) is 0 Å². The van der Waals surface area contributed by atoms with Crippen LogP contribution in [-0.4, -0.2) is 30.6 Å². The van der Waals surface area contributed by atoms with E-state index in [0.29, 0.717) is 5.41 Å². The Hall–Kier alpha value is 0.500. The Kier molecular flexibility index (Phi) is 9.69. The lowest BCUT2D eigenvalue weighted by Crippen LogP contribution is -2.41. The third-order valence-corrected chi connectivity index (χ3v) is 5.11. The predicted octanol–water partition coefficient (Wildman–Crippen LogP) is 4.00. The molecule has 2 nitrogen and oxygen atoms in total. The third kappa shape index (κ3) is 4.49. The highest BCUT2D eigenvalue weighted by molar-refractivity contribution is 5.85. The molecule has 1 heterocycles. The smallest absolute Gasteiger partial charge is 0.0152 e. The van der Waals surface area contributed by atoms with Gasteiger partial charge in [0.05, 0.1) is 0 Å².